The number of allylic oxidation sites excluding steroid dienone is 8. The van der Waals surface area contributed by atoms with Gasteiger partial charge >= 0.3 is 122 Å². The minimum absolute atomic E-state index is 0. The van der Waals surface area contributed by atoms with Crippen LogP contribution in [0.2, 0.25) is 8.76 Å². The first-order chi connectivity index (χ1) is 8.71. The zero-order chi connectivity index (χ0) is 14.4. The van der Waals surface area contributed by atoms with Gasteiger partial charge < -0.3 is 0 Å². The van der Waals surface area contributed by atoms with Gasteiger partial charge in [0.15, 0.2) is 0 Å². The summed E-state index contributed by atoms with van der Waals surface area (Å²) >= 11 is -2.91. The van der Waals surface area contributed by atoms with E-state index in [1.807, 2.05) is 6.56 Å². The van der Waals surface area contributed by atoms with E-state index in [1.165, 1.54) is 28.1 Å². The summed E-state index contributed by atoms with van der Waals surface area (Å²) < 4.78 is 7.80. The Hall–Kier alpha value is 0.640. The zero-order valence-electron chi connectivity index (χ0n) is 14.3. The van der Waals surface area contributed by atoms with E-state index < -0.39 is 17.4 Å². The Bertz CT molecular complexity index is 587. The maximum absolute atomic E-state index is 2.91. The van der Waals surface area contributed by atoms with Crippen molar-refractivity contribution in [3.8, 4) is 0 Å². The van der Waals surface area contributed by atoms with Gasteiger partial charge in [0, 0.05) is 0 Å². The summed E-state index contributed by atoms with van der Waals surface area (Å²) in [7, 11) is 0. The molecule has 0 amide bonds. The summed E-state index contributed by atoms with van der Waals surface area (Å²) in [6, 6.07) is 0. The molecule has 0 spiro atoms. The topological polar surface area (TPSA) is 0 Å². The summed E-state index contributed by atoms with van der Waals surface area (Å²) in [5.41, 5.74) is 6.29. The number of halogens is 2. The van der Waals surface area contributed by atoms with E-state index >= 15 is 0 Å². The summed E-state index contributed by atoms with van der Waals surface area (Å²) in [6.07, 6.45) is 7.37. The van der Waals surface area contributed by atoms with Gasteiger partial charge in [-0.1, -0.05) is 0 Å². The van der Waals surface area contributed by atoms with Gasteiger partial charge in [-0.2, -0.15) is 0 Å². The van der Waals surface area contributed by atoms with Crippen molar-refractivity contribution >= 4 is 31.7 Å². The van der Waals surface area contributed by atoms with Crippen molar-refractivity contribution in [1.29, 1.82) is 0 Å². The van der Waals surface area contributed by atoms with E-state index in [-0.39, 0.29) is 24.8 Å². The molecule has 120 valence electrons. The largest absolute Gasteiger partial charge is 0.147 e. The van der Waals surface area contributed by atoms with Gasteiger partial charge in [0.25, 0.3) is 0 Å². The second-order valence-electron chi connectivity index (χ2n) is 7.03. The second-order valence-corrected chi connectivity index (χ2v) is 34.3. The molecular formula is C17H30Cl2SiZr. The van der Waals surface area contributed by atoms with E-state index in [0.717, 1.165) is 0 Å². The second kappa shape index (κ2) is 7.04. The van der Waals surface area contributed by atoms with Gasteiger partial charge in [-0.05, 0) is 0 Å². The van der Waals surface area contributed by atoms with Crippen LogP contribution in [0.3, 0.4) is 0 Å². The molecule has 0 aromatic carbocycles. The molecule has 0 nitrogen and oxygen atoms in total. The van der Waals surface area contributed by atoms with Crippen molar-refractivity contribution in [1.82, 2.24) is 0 Å². The fourth-order valence-electron chi connectivity index (χ4n) is 3.90. The van der Waals surface area contributed by atoms with Gasteiger partial charge in [-0.15, -0.1) is 24.8 Å². The molecule has 0 fully saturated rings. The molecule has 0 N–H and O–H groups in total. The van der Waals surface area contributed by atoms with Crippen LogP contribution in [-0.2, 0) is 17.4 Å². The predicted molar refractivity (Wildman–Crippen MR) is 102 cm³/mol. The molecular weight excluding hydrogens is 394 g/mol. The smallest absolute Gasteiger partial charge is 0.147 e. The molecule has 21 heavy (non-hydrogen) atoms. The molecule has 0 saturated heterocycles. The quantitative estimate of drug-likeness (QED) is 0.502. The first-order valence-corrected chi connectivity index (χ1v) is 20.1. The Labute approximate surface area is 145 Å². The van der Waals surface area contributed by atoms with E-state index in [1.54, 1.807) is 11.1 Å². The molecule has 0 radical (unpaired) electrons. The fraction of sp³-hybridized carbons (Fsp3) is 0.529. The fourth-order valence-corrected chi connectivity index (χ4v) is 21.5. The van der Waals surface area contributed by atoms with Gasteiger partial charge in [-0.3, -0.25) is 0 Å². The molecule has 0 bridgehead atoms. The van der Waals surface area contributed by atoms with Crippen molar-refractivity contribution in [3.05, 3.63) is 41.0 Å². The summed E-state index contributed by atoms with van der Waals surface area (Å²) in [4.78, 5) is 0. The van der Waals surface area contributed by atoms with E-state index in [9.17, 15) is 0 Å². The standard InChI is InChI=1S/2C7H9.C2H5.CH3.2ClH.H2Si.Zr/c2*1-6-4-3-5-7(6)2;1-2;;;;;/h2*4H,3H2,1-2H3;1H2,2H3;1H3;2*1H;1H2;. The van der Waals surface area contributed by atoms with E-state index in [4.69, 9.17) is 0 Å². The number of rotatable bonds is 3. The Morgan fingerprint density at radius 1 is 0.905 bits per heavy atom. The molecule has 2 aliphatic carbocycles. The van der Waals surface area contributed by atoms with Crippen LogP contribution in [0, 0.1) is 0 Å². The SMILES string of the molecule is C[CH2][Zr]([CH3])(=[SiH2])([C]1=C(C)C(C)=CC1)[C]1=C(C)C(C)=CC1.Cl.Cl. The summed E-state index contributed by atoms with van der Waals surface area (Å²) in [5.74, 6) is 0. The van der Waals surface area contributed by atoms with Crippen LogP contribution in [0.1, 0.15) is 47.5 Å². The van der Waals surface area contributed by atoms with Crippen LogP contribution < -0.4 is 0 Å². The Morgan fingerprint density at radius 3 is 1.43 bits per heavy atom. The van der Waals surface area contributed by atoms with Crippen LogP contribution in [0.25, 0.3) is 0 Å². The van der Waals surface area contributed by atoms with Crippen LogP contribution in [0.15, 0.2) is 41.0 Å². The van der Waals surface area contributed by atoms with Crippen LogP contribution in [0.4, 0.5) is 0 Å². The normalized spacial score (nSPS) is 19.2. The monoisotopic (exact) mass is 422 g/mol. The Morgan fingerprint density at radius 2 is 1.24 bits per heavy atom. The number of hydrogen-bond donors (Lipinski definition) is 0. The van der Waals surface area contributed by atoms with E-state index in [0.29, 0.717) is 0 Å². The Balaban J connectivity index is 0.00000200. The van der Waals surface area contributed by atoms with Gasteiger partial charge in [0.2, 0.25) is 0 Å². The van der Waals surface area contributed by atoms with Crippen LogP contribution in [0.5, 0.6) is 0 Å². The van der Waals surface area contributed by atoms with Gasteiger partial charge in [0.05, 0.1) is 0 Å². The average molecular weight is 425 g/mol. The van der Waals surface area contributed by atoms with Crippen LogP contribution >= 0.6 is 24.8 Å². The summed E-state index contributed by atoms with van der Waals surface area (Å²) in [5, 5.41) is 0. The van der Waals surface area contributed by atoms with E-state index in [2.05, 4.69) is 58.3 Å². The predicted octanol–water partition coefficient (Wildman–Crippen LogP) is 5.80. The number of hydrogen-bond acceptors (Lipinski definition) is 0. The zero-order valence-corrected chi connectivity index (χ0v) is 19.8. The molecule has 4 heteroatoms. The molecule has 0 unspecified atom stereocenters. The molecule has 0 aliphatic heterocycles. The Kier molecular flexibility index (Phi) is 7.25. The van der Waals surface area contributed by atoms with Crippen molar-refractivity contribution in [2.45, 2.75) is 56.2 Å². The maximum atomic E-state index is 2.69. The molecule has 0 saturated carbocycles. The molecule has 2 aliphatic rings. The third-order valence-electron chi connectivity index (χ3n) is 6.03. The third-order valence-corrected chi connectivity index (χ3v) is 30.2. The molecule has 0 heterocycles. The van der Waals surface area contributed by atoms with Gasteiger partial charge in [0.1, 0.15) is 0 Å². The average Bonchev–Trinajstić information content (AvgIpc) is 2.87. The van der Waals surface area contributed by atoms with Crippen LogP contribution in [-0.4, -0.2) is 6.88 Å². The molecule has 0 aromatic rings. The van der Waals surface area contributed by atoms with Crippen molar-refractivity contribution in [3.63, 3.8) is 0 Å². The van der Waals surface area contributed by atoms with Gasteiger partial charge in [-0.25, -0.2) is 0 Å². The summed E-state index contributed by atoms with van der Waals surface area (Å²) in [6.45, 7) is 14.2. The van der Waals surface area contributed by atoms with Crippen molar-refractivity contribution in [2.24, 2.45) is 0 Å². The molecule has 2 rings (SSSR count). The molecule has 0 atom stereocenters. The first kappa shape index (κ1) is 21.6. The minimum atomic E-state index is -2.91. The first-order valence-electron chi connectivity index (χ1n) is 7.52. The molecule has 0 aromatic heterocycles. The maximum Gasteiger partial charge on any atom is -0.147 e. The minimum Gasteiger partial charge on any atom is -0.147 e. The third kappa shape index (κ3) is 3.30. The van der Waals surface area contributed by atoms with Crippen molar-refractivity contribution in [2.75, 3.05) is 0 Å². The van der Waals surface area contributed by atoms with Crippen molar-refractivity contribution < 1.29 is 17.4 Å².